The van der Waals surface area contributed by atoms with E-state index in [9.17, 15) is 15.1 Å². The second-order valence-electron chi connectivity index (χ2n) is 9.97. The van der Waals surface area contributed by atoms with Crippen LogP contribution in [0.15, 0.2) is 36.5 Å². The molecule has 8 heteroatoms. The minimum atomic E-state index is -0.471. The van der Waals surface area contributed by atoms with Crippen molar-refractivity contribution in [1.82, 2.24) is 9.78 Å². The number of pyridine rings is 1. The van der Waals surface area contributed by atoms with Gasteiger partial charge in [0.25, 0.3) is 5.69 Å². The molecule has 0 spiro atoms. The number of ether oxygens (including phenoxy) is 1. The van der Waals surface area contributed by atoms with Gasteiger partial charge in [0.15, 0.2) is 5.69 Å². The number of fused-ring (bicyclic) bond motifs is 1. The Morgan fingerprint density at radius 3 is 2.71 bits per heavy atom. The van der Waals surface area contributed by atoms with Gasteiger partial charge in [0.05, 0.1) is 30.0 Å². The summed E-state index contributed by atoms with van der Waals surface area (Å²) < 4.78 is 8.77. The third-order valence-electron chi connectivity index (χ3n) is 6.88. The topological polar surface area (TPSA) is 103 Å². The van der Waals surface area contributed by atoms with Gasteiger partial charge in [-0.25, -0.2) is 0 Å². The normalized spacial score (nSPS) is 20.6. The average Bonchev–Trinajstić information content (AvgIpc) is 3.55. The quantitative estimate of drug-likeness (QED) is 0.401. The van der Waals surface area contributed by atoms with Gasteiger partial charge in [-0.15, -0.1) is 0 Å². The Morgan fingerprint density at radius 1 is 1.24 bits per heavy atom. The lowest BCUT2D eigenvalue weighted by Crippen LogP contribution is -2.41. The van der Waals surface area contributed by atoms with E-state index in [-0.39, 0.29) is 23.8 Å². The number of nitrogens with one attached hydrogen (secondary N) is 1. The van der Waals surface area contributed by atoms with Crippen molar-refractivity contribution in [3.8, 4) is 5.75 Å². The zero-order chi connectivity index (χ0) is 23.8. The molecule has 2 fully saturated rings. The fraction of sp³-hybridized carbons (Fsp3) is 0.500. The van der Waals surface area contributed by atoms with Gasteiger partial charge >= 0.3 is 5.91 Å². The molecule has 2 heterocycles. The molecule has 3 aromatic rings. The molecular weight excluding hydrogens is 432 g/mol. The summed E-state index contributed by atoms with van der Waals surface area (Å²) in [4.78, 5) is 13.1. The summed E-state index contributed by atoms with van der Waals surface area (Å²) in [5, 5.41) is 31.2. The van der Waals surface area contributed by atoms with Crippen LogP contribution in [0.1, 0.15) is 80.5 Å². The van der Waals surface area contributed by atoms with Crippen molar-refractivity contribution in [2.75, 3.05) is 11.9 Å². The summed E-state index contributed by atoms with van der Waals surface area (Å²) in [6.45, 7) is 4.45. The fourth-order valence-corrected chi connectivity index (χ4v) is 4.58. The number of hydrogen-bond donors (Lipinski definition) is 2. The van der Waals surface area contributed by atoms with Crippen LogP contribution in [-0.4, -0.2) is 33.5 Å². The molecule has 5 rings (SSSR count). The number of aliphatic hydroxyl groups excluding tert-OH is 1. The summed E-state index contributed by atoms with van der Waals surface area (Å²) in [5.41, 5.74) is 1.94. The number of aliphatic hydroxyl groups is 1. The summed E-state index contributed by atoms with van der Waals surface area (Å²) in [7, 11) is 0. The molecule has 0 saturated heterocycles. The minimum absolute atomic E-state index is 0.00535. The molecule has 1 amide bonds. The van der Waals surface area contributed by atoms with Gasteiger partial charge < -0.3 is 20.4 Å². The highest BCUT2D eigenvalue weighted by Crippen LogP contribution is 2.36. The van der Waals surface area contributed by atoms with E-state index in [1.54, 1.807) is 12.1 Å². The Balaban J connectivity index is 1.45. The van der Waals surface area contributed by atoms with Crippen molar-refractivity contribution < 1.29 is 19.4 Å². The average molecular weight is 465 g/mol. The van der Waals surface area contributed by atoms with Gasteiger partial charge in [-0.2, -0.15) is 9.83 Å². The van der Waals surface area contributed by atoms with Crippen molar-refractivity contribution >= 4 is 22.5 Å². The first-order valence-electron chi connectivity index (χ1n) is 12.3. The largest absolute Gasteiger partial charge is 0.618 e. The van der Waals surface area contributed by atoms with Crippen LogP contribution in [0.5, 0.6) is 5.75 Å². The van der Waals surface area contributed by atoms with Crippen LogP contribution in [0, 0.1) is 11.1 Å². The van der Waals surface area contributed by atoms with E-state index in [1.165, 1.54) is 6.07 Å². The zero-order valence-electron chi connectivity index (χ0n) is 19.7. The summed E-state index contributed by atoms with van der Waals surface area (Å²) in [6, 6.07) is 9.01. The smallest absolute Gasteiger partial charge is 0.321 e. The summed E-state index contributed by atoms with van der Waals surface area (Å²) in [6.07, 6.45) is 7.42. The molecule has 0 unspecified atom stereocenters. The molecule has 2 N–H and O–H groups in total. The van der Waals surface area contributed by atoms with Gasteiger partial charge in [0.1, 0.15) is 5.75 Å². The SMILES string of the molecule is CC(C)c1cccc(C(=O)Nc2cc3cn(C4CCC(O)CC4)nc3cc2OCC2CC2)[n+]1[O-]. The van der Waals surface area contributed by atoms with Gasteiger partial charge in [-0.3, -0.25) is 9.48 Å². The molecule has 2 aliphatic rings. The van der Waals surface area contributed by atoms with Crippen LogP contribution >= 0.6 is 0 Å². The summed E-state index contributed by atoms with van der Waals surface area (Å²) in [5.74, 6) is 0.652. The van der Waals surface area contributed by atoms with Gasteiger partial charge in [-0.05, 0) is 56.6 Å². The number of rotatable bonds is 7. The molecule has 8 nitrogen and oxygen atoms in total. The van der Waals surface area contributed by atoms with E-state index in [0.717, 1.165) is 49.4 Å². The zero-order valence-corrected chi connectivity index (χ0v) is 19.7. The number of benzene rings is 1. The first kappa shape index (κ1) is 22.7. The number of carbonyl (C=O) groups is 1. The number of amides is 1. The standard InChI is InChI=1S/C26H32N4O4/c1-16(2)23-4-3-5-24(30(23)33)26(32)27-22-12-18-14-29(19-8-10-20(31)11-9-19)28-21(18)13-25(22)34-15-17-6-7-17/h3-5,12-14,16-17,19-20,31H,6-11,15H2,1-2H3,(H,27,32). The molecule has 0 radical (unpaired) electrons. The maximum Gasteiger partial charge on any atom is 0.321 e. The van der Waals surface area contributed by atoms with Crippen LogP contribution < -0.4 is 14.8 Å². The molecule has 2 aromatic heterocycles. The van der Waals surface area contributed by atoms with Crippen molar-refractivity contribution in [2.45, 2.75) is 70.4 Å². The first-order valence-corrected chi connectivity index (χ1v) is 12.3. The highest BCUT2D eigenvalue weighted by atomic mass is 16.5. The Kier molecular flexibility index (Phi) is 6.16. The maximum atomic E-state index is 13.1. The minimum Gasteiger partial charge on any atom is -0.618 e. The van der Waals surface area contributed by atoms with E-state index >= 15 is 0 Å². The van der Waals surface area contributed by atoms with Crippen LogP contribution in [-0.2, 0) is 0 Å². The highest BCUT2D eigenvalue weighted by Gasteiger charge is 2.26. The monoisotopic (exact) mass is 464 g/mol. The Labute approximate surface area is 199 Å². The van der Waals surface area contributed by atoms with Crippen LogP contribution in [0.3, 0.4) is 0 Å². The molecule has 180 valence electrons. The number of hydrogen-bond acceptors (Lipinski definition) is 5. The molecular formula is C26H32N4O4. The maximum absolute atomic E-state index is 13.1. The second kappa shape index (κ2) is 9.25. The third kappa shape index (κ3) is 4.73. The van der Waals surface area contributed by atoms with E-state index in [0.29, 0.717) is 34.4 Å². The fourth-order valence-electron chi connectivity index (χ4n) is 4.58. The van der Waals surface area contributed by atoms with E-state index in [4.69, 9.17) is 9.84 Å². The van der Waals surface area contributed by atoms with Crippen LogP contribution in [0.4, 0.5) is 5.69 Å². The van der Waals surface area contributed by atoms with Gasteiger partial charge in [-0.1, -0.05) is 13.8 Å². The van der Waals surface area contributed by atoms with Crippen LogP contribution in [0.2, 0.25) is 0 Å². The highest BCUT2D eigenvalue weighted by molar-refractivity contribution is 6.04. The molecule has 2 aliphatic carbocycles. The van der Waals surface area contributed by atoms with Crippen molar-refractivity contribution in [2.24, 2.45) is 5.92 Å². The van der Waals surface area contributed by atoms with E-state index in [2.05, 4.69) is 5.32 Å². The molecule has 0 bridgehead atoms. The van der Waals surface area contributed by atoms with Crippen molar-refractivity contribution in [3.63, 3.8) is 0 Å². The van der Waals surface area contributed by atoms with E-state index in [1.807, 2.05) is 36.9 Å². The third-order valence-corrected chi connectivity index (χ3v) is 6.88. The molecule has 34 heavy (non-hydrogen) atoms. The number of anilines is 1. The second-order valence-corrected chi connectivity index (χ2v) is 9.97. The van der Waals surface area contributed by atoms with Crippen molar-refractivity contribution in [1.29, 1.82) is 0 Å². The molecule has 2 saturated carbocycles. The lowest BCUT2D eigenvalue weighted by atomic mass is 9.93. The Bertz CT molecular complexity index is 1190. The number of carbonyl (C=O) groups excluding carboxylic acids is 1. The predicted molar refractivity (Wildman–Crippen MR) is 129 cm³/mol. The Hall–Kier alpha value is -3.13. The first-order chi connectivity index (χ1) is 16.4. The lowest BCUT2D eigenvalue weighted by Gasteiger charge is -2.25. The predicted octanol–water partition coefficient (Wildman–Crippen LogP) is 4.31. The number of aromatic nitrogens is 3. The van der Waals surface area contributed by atoms with Gasteiger partial charge in [0.2, 0.25) is 0 Å². The molecule has 0 atom stereocenters. The Morgan fingerprint density at radius 2 is 2.00 bits per heavy atom. The van der Waals surface area contributed by atoms with Gasteiger partial charge in [0, 0.05) is 35.7 Å². The van der Waals surface area contributed by atoms with Crippen LogP contribution in [0.25, 0.3) is 10.9 Å². The van der Waals surface area contributed by atoms with E-state index < -0.39 is 5.91 Å². The molecule has 1 aromatic carbocycles. The lowest BCUT2D eigenvalue weighted by molar-refractivity contribution is -0.617. The summed E-state index contributed by atoms with van der Waals surface area (Å²) >= 11 is 0. The number of nitrogens with zero attached hydrogens (tertiary/aromatic N) is 3. The molecule has 0 aliphatic heterocycles. The van der Waals surface area contributed by atoms with Crippen molar-refractivity contribution in [3.05, 3.63) is 53.1 Å².